The average molecular weight is 485 g/mol. The van der Waals surface area contributed by atoms with E-state index in [0.29, 0.717) is 28.5 Å². The molecule has 0 fully saturated rings. The molecule has 9 heteroatoms. The fourth-order valence-corrected chi connectivity index (χ4v) is 4.61. The Morgan fingerprint density at radius 2 is 1.91 bits per heavy atom. The molecule has 0 aliphatic heterocycles. The number of aromatic nitrogens is 4. The van der Waals surface area contributed by atoms with Crippen molar-refractivity contribution in [1.29, 1.82) is 0 Å². The molecule has 0 saturated carbocycles. The van der Waals surface area contributed by atoms with Crippen molar-refractivity contribution in [3.05, 3.63) is 77.6 Å². The highest BCUT2D eigenvalue weighted by Gasteiger charge is 2.16. The van der Waals surface area contributed by atoms with Crippen LogP contribution in [0.15, 0.2) is 70.6 Å². The van der Waals surface area contributed by atoms with E-state index in [-0.39, 0.29) is 12.4 Å². The highest BCUT2D eigenvalue weighted by atomic mass is 32.1. The molecule has 8 nitrogen and oxygen atoms in total. The van der Waals surface area contributed by atoms with E-state index in [9.17, 15) is 5.11 Å². The number of hydrogen-bond acceptors (Lipinski definition) is 8. The molecule has 0 aliphatic rings. The Morgan fingerprint density at radius 1 is 1.06 bits per heavy atom. The minimum Gasteiger partial charge on any atom is -0.508 e. The molecule has 0 bridgehead atoms. The summed E-state index contributed by atoms with van der Waals surface area (Å²) in [6, 6.07) is 16.4. The number of fused-ring (bicyclic) bond motifs is 2. The molecule has 1 N–H and O–H groups in total. The molecule has 0 unspecified atom stereocenters. The lowest BCUT2D eigenvalue weighted by molar-refractivity contribution is 0.303. The fraction of sp³-hybridized carbons (Fsp3) is 0.115. The van der Waals surface area contributed by atoms with Crippen molar-refractivity contribution >= 4 is 28.0 Å². The smallest absolute Gasteiger partial charge is 0.155 e. The number of phenolic OH excluding ortho intramolecular Hbond substituents is 1. The molecular weight excluding hydrogens is 464 g/mol. The molecule has 35 heavy (non-hydrogen) atoms. The SMILES string of the molecule is COc1cc(OCc2csc(-c3ccc(O)cc3)n2)c2cc(-c3cn4nc(C)ccc4n3)oc2c1. The third kappa shape index (κ3) is 4.06. The summed E-state index contributed by atoms with van der Waals surface area (Å²) in [6.45, 7) is 2.22. The second-order valence-corrected chi connectivity index (χ2v) is 8.89. The van der Waals surface area contributed by atoms with Crippen molar-refractivity contribution in [3.63, 3.8) is 0 Å². The van der Waals surface area contributed by atoms with Crippen LogP contribution >= 0.6 is 11.3 Å². The van der Waals surface area contributed by atoms with Crippen LogP contribution in [0.25, 0.3) is 38.6 Å². The predicted molar refractivity (Wildman–Crippen MR) is 133 cm³/mol. The normalized spacial score (nSPS) is 11.4. The summed E-state index contributed by atoms with van der Waals surface area (Å²) in [7, 11) is 1.61. The average Bonchev–Trinajstić information content (AvgIpc) is 3.60. The zero-order valence-electron chi connectivity index (χ0n) is 18.9. The van der Waals surface area contributed by atoms with Crippen LogP contribution in [0.1, 0.15) is 11.4 Å². The Bertz CT molecular complexity index is 1670. The van der Waals surface area contributed by atoms with Crippen molar-refractivity contribution in [2.45, 2.75) is 13.5 Å². The number of ether oxygens (including phenoxy) is 2. The predicted octanol–water partition coefficient (Wildman–Crippen LogP) is 5.87. The van der Waals surface area contributed by atoms with Crippen molar-refractivity contribution in [3.8, 4) is 39.3 Å². The molecule has 0 amide bonds. The zero-order chi connectivity index (χ0) is 23.9. The number of nitrogens with zero attached hydrogens (tertiary/aromatic N) is 4. The first-order chi connectivity index (χ1) is 17.1. The maximum absolute atomic E-state index is 9.51. The maximum Gasteiger partial charge on any atom is 0.155 e. The Hall–Kier alpha value is -4.37. The Balaban J connectivity index is 1.30. The number of rotatable bonds is 6. The fourth-order valence-electron chi connectivity index (χ4n) is 3.80. The number of benzene rings is 2. The van der Waals surface area contributed by atoms with Crippen molar-refractivity contribution in [2.75, 3.05) is 7.11 Å². The van der Waals surface area contributed by atoms with Gasteiger partial charge in [0.1, 0.15) is 40.1 Å². The van der Waals surface area contributed by atoms with E-state index in [1.807, 2.05) is 61.0 Å². The molecule has 0 aliphatic carbocycles. The first-order valence-electron chi connectivity index (χ1n) is 10.9. The molecule has 0 radical (unpaired) electrons. The highest BCUT2D eigenvalue weighted by Crippen LogP contribution is 2.37. The van der Waals surface area contributed by atoms with Gasteiger partial charge in [0, 0.05) is 23.1 Å². The van der Waals surface area contributed by atoms with Crippen molar-refractivity contribution < 1.29 is 19.0 Å². The van der Waals surface area contributed by atoms with Crippen LogP contribution in [0.4, 0.5) is 0 Å². The van der Waals surface area contributed by atoms with Gasteiger partial charge in [-0.25, -0.2) is 14.5 Å². The molecule has 6 rings (SSSR count). The van der Waals surface area contributed by atoms with Crippen molar-refractivity contribution in [1.82, 2.24) is 19.6 Å². The summed E-state index contributed by atoms with van der Waals surface area (Å²) in [6.07, 6.45) is 1.85. The standard InChI is InChI=1S/C26H20N4O4S/c1-15-3-8-25-28-21(12-30(25)29-15)24-11-20-22(9-19(32-2)10-23(20)34-24)33-13-17-14-35-26(27-17)16-4-6-18(31)7-5-16/h3-12,14,31H,13H2,1-2H3. The number of imidazole rings is 1. The minimum absolute atomic E-state index is 0.227. The molecule has 2 aromatic carbocycles. The van der Waals surface area contributed by atoms with Gasteiger partial charge in [0.25, 0.3) is 0 Å². The van der Waals surface area contributed by atoms with Gasteiger partial charge < -0.3 is 19.0 Å². The van der Waals surface area contributed by atoms with Gasteiger partial charge in [0.2, 0.25) is 0 Å². The first-order valence-corrected chi connectivity index (χ1v) is 11.8. The van der Waals surface area contributed by atoms with Gasteiger partial charge in [0.15, 0.2) is 11.4 Å². The van der Waals surface area contributed by atoms with Gasteiger partial charge in [-0.1, -0.05) is 0 Å². The van der Waals surface area contributed by atoms with E-state index in [1.165, 1.54) is 11.3 Å². The van der Waals surface area contributed by atoms with E-state index in [0.717, 1.165) is 33.0 Å². The number of hydrogen-bond donors (Lipinski definition) is 1. The monoisotopic (exact) mass is 484 g/mol. The summed E-state index contributed by atoms with van der Waals surface area (Å²) >= 11 is 1.53. The summed E-state index contributed by atoms with van der Waals surface area (Å²) in [4.78, 5) is 9.30. The number of methoxy groups -OCH3 is 1. The lowest BCUT2D eigenvalue weighted by Gasteiger charge is -2.07. The van der Waals surface area contributed by atoms with Crippen molar-refractivity contribution in [2.24, 2.45) is 0 Å². The molecule has 0 saturated heterocycles. The van der Waals surface area contributed by atoms with E-state index < -0.39 is 0 Å². The summed E-state index contributed by atoms with van der Waals surface area (Å²) in [5.41, 5.74) is 4.72. The lowest BCUT2D eigenvalue weighted by Crippen LogP contribution is -1.96. The van der Waals surface area contributed by atoms with E-state index in [1.54, 1.807) is 23.8 Å². The Labute approximate surface area is 204 Å². The van der Waals surface area contributed by atoms with Gasteiger partial charge in [-0.15, -0.1) is 11.3 Å². The molecule has 4 aromatic heterocycles. The number of furan rings is 1. The number of aromatic hydroxyl groups is 1. The summed E-state index contributed by atoms with van der Waals surface area (Å²) in [5, 5.41) is 17.6. The maximum atomic E-state index is 9.51. The summed E-state index contributed by atoms with van der Waals surface area (Å²) in [5.74, 6) is 2.10. The van der Waals surface area contributed by atoms with Crippen LogP contribution in [-0.2, 0) is 6.61 Å². The van der Waals surface area contributed by atoms with Crippen LogP contribution in [0.3, 0.4) is 0 Å². The topological polar surface area (TPSA) is 94.9 Å². The van der Waals surface area contributed by atoms with Gasteiger partial charge in [-0.05, 0) is 49.4 Å². The molecular formula is C26H20N4O4S. The quantitative estimate of drug-likeness (QED) is 0.316. The van der Waals surface area contributed by atoms with Gasteiger partial charge >= 0.3 is 0 Å². The third-order valence-corrected chi connectivity index (χ3v) is 6.50. The number of thiazole rings is 1. The van der Waals surface area contributed by atoms with Gasteiger partial charge in [-0.2, -0.15) is 5.10 Å². The van der Waals surface area contributed by atoms with Gasteiger partial charge in [0.05, 0.1) is 30.1 Å². The molecule has 4 heterocycles. The van der Waals surface area contributed by atoms with E-state index in [4.69, 9.17) is 13.9 Å². The zero-order valence-corrected chi connectivity index (χ0v) is 19.7. The lowest BCUT2D eigenvalue weighted by atomic mass is 10.2. The van der Waals surface area contributed by atoms with Crippen LogP contribution in [0.2, 0.25) is 0 Å². The third-order valence-electron chi connectivity index (χ3n) is 5.56. The van der Waals surface area contributed by atoms with Gasteiger partial charge in [-0.3, -0.25) is 0 Å². The molecule has 6 aromatic rings. The first kappa shape index (κ1) is 21.2. The van der Waals surface area contributed by atoms with Crippen LogP contribution in [0.5, 0.6) is 17.2 Å². The number of phenols is 1. The Kier molecular flexibility index (Phi) is 5.11. The highest BCUT2D eigenvalue weighted by molar-refractivity contribution is 7.13. The van der Waals surface area contributed by atoms with E-state index >= 15 is 0 Å². The van der Waals surface area contributed by atoms with Crippen LogP contribution < -0.4 is 9.47 Å². The largest absolute Gasteiger partial charge is 0.508 e. The molecule has 0 atom stereocenters. The summed E-state index contributed by atoms with van der Waals surface area (Å²) < 4.78 is 19.5. The van der Waals surface area contributed by atoms with Crippen LogP contribution in [0, 0.1) is 6.92 Å². The second kappa shape index (κ2) is 8.44. The molecule has 0 spiro atoms. The second-order valence-electron chi connectivity index (χ2n) is 8.03. The minimum atomic E-state index is 0.227. The van der Waals surface area contributed by atoms with Crippen LogP contribution in [-0.4, -0.2) is 31.8 Å². The molecule has 174 valence electrons. The Morgan fingerprint density at radius 3 is 2.74 bits per heavy atom. The number of aryl methyl sites for hydroxylation is 1. The van der Waals surface area contributed by atoms with E-state index in [2.05, 4.69) is 15.1 Å².